The van der Waals surface area contributed by atoms with Crippen LogP contribution in [0.5, 0.6) is 10.8 Å². The van der Waals surface area contributed by atoms with E-state index < -0.39 is 0 Å². The van der Waals surface area contributed by atoms with Gasteiger partial charge in [0.1, 0.15) is 10.8 Å². The fourth-order valence-corrected chi connectivity index (χ4v) is 3.77. The second-order valence-electron chi connectivity index (χ2n) is 4.78. The minimum absolute atomic E-state index is 0.684. The molecule has 0 atom stereocenters. The molecular weight excluding hydrogens is 300 g/mol. The number of fused-ring (bicyclic) bond motifs is 2. The number of hydrogen-bond acceptors (Lipinski definition) is 2. The summed E-state index contributed by atoms with van der Waals surface area (Å²) in [5.74, 6) is 0.835. The zero-order valence-electron chi connectivity index (χ0n) is 11.0. The summed E-state index contributed by atoms with van der Waals surface area (Å²) >= 11 is 8.02. The van der Waals surface area contributed by atoms with E-state index in [1.807, 2.05) is 42.5 Å². The molecule has 0 aliphatic heterocycles. The molecule has 3 aromatic carbocycles. The van der Waals surface area contributed by atoms with Crippen LogP contribution in [0.1, 0.15) is 0 Å². The zero-order chi connectivity index (χ0) is 14.2. The molecule has 0 unspecified atom stereocenters. The van der Waals surface area contributed by atoms with Crippen LogP contribution in [0.2, 0.25) is 5.02 Å². The van der Waals surface area contributed by atoms with Gasteiger partial charge >= 0.3 is 0 Å². The Bertz CT molecular complexity index is 937. The highest BCUT2D eigenvalue weighted by molar-refractivity contribution is 7.21. The molecule has 0 radical (unpaired) electrons. The first-order chi connectivity index (χ1) is 10.3. The third-order valence-electron chi connectivity index (χ3n) is 3.46. The molecule has 0 saturated heterocycles. The Hall–Kier alpha value is -2.03. The van der Waals surface area contributed by atoms with Gasteiger partial charge in [0, 0.05) is 15.5 Å². The Kier molecular flexibility index (Phi) is 3.06. The van der Waals surface area contributed by atoms with Gasteiger partial charge in [0.15, 0.2) is 0 Å². The van der Waals surface area contributed by atoms with Crippen molar-refractivity contribution in [1.29, 1.82) is 0 Å². The van der Waals surface area contributed by atoms with Gasteiger partial charge in [0.25, 0.3) is 0 Å². The first-order valence-corrected chi connectivity index (χ1v) is 7.85. The van der Waals surface area contributed by atoms with Gasteiger partial charge in [-0.3, -0.25) is 0 Å². The van der Waals surface area contributed by atoms with Crippen molar-refractivity contribution in [3.8, 4) is 10.8 Å². The number of ether oxygens (including phenoxy) is 1. The SMILES string of the molecule is Clc1c(Oc2cccc3ccccc23)sc2ccccc12. The lowest BCUT2D eigenvalue weighted by Crippen LogP contribution is -1.83. The number of thiophene rings is 1. The predicted molar refractivity (Wildman–Crippen MR) is 90.9 cm³/mol. The van der Waals surface area contributed by atoms with Crippen LogP contribution in [0.3, 0.4) is 0 Å². The van der Waals surface area contributed by atoms with E-state index in [9.17, 15) is 0 Å². The number of hydrogen-bond donors (Lipinski definition) is 0. The van der Waals surface area contributed by atoms with Crippen molar-refractivity contribution in [3.63, 3.8) is 0 Å². The summed E-state index contributed by atoms with van der Waals surface area (Å²) in [5, 5.41) is 4.72. The maximum absolute atomic E-state index is 6.44. The molecule has 0 amide bonds. The van der Waals surface area contributed by atoms with E-state index in [1.54, 1.807) is 11.3 Å². The molecular formula is C18H11ClOS. The third-order valence-corrected chi connectivity index (χ3v) is 4.99. The molecule has 102 valence electrons. The highest BCUT2D eigenvalue weighted by Crippen LogP contribution is 2.44. The van der Waals surface area contributed by atoms with Crippen molar-refractivity contribution in [2.45, 2.75) is 0 Å². The lowest BCUT2D eigenvalue weighted by molar-refractivity contribution is 0.503. The second kappa shape index (κ2) is 5.06. The van der Waals surface area contributed by atoms with E-state index >= 15 is 0 Å². The minimum Gasteiger partial charge on any atom is -0.444 e. The lowest BCUT2D eigenvalue weighted by atomic mass is 10.1. The summed E-state index contributed by atoms with van der Waals surface area (Å²) in [5.41, 5.74) is 0. The third kappa shape index (κ3) is 2.17. The molecule has 4 rings (SSSR count). The van der Waals surface area contributed by atoms with Gasteiger partial charge in [0.05, 0.1) is 0 Å². The molecule has 4 aromatic rings. The fraction of sp³-hybridized carbons (Fsp3) is 0. The van der Waals surface area contributed by atoms with E-state index in [2.05, 4.69) is 24.3 Å². The molecule has 0 N–H and O–H groups in total. The largest absolute Gasteiger partial charge is 0.444 e. The summed E-state index contributed by atoms with van der Waals surface area (Å²) in [4.78, 5) is 0. The maximum atomic E-state index is 6.44. The highest BCUT2D eigenvalue weighted by atomic mass is 35.5. The minimum atomic E-state index is 0.684. The van der Waals surface area contributed by atoms with Crippen molar-refractivity contribution in [2.24, 2.45) is 0 Å². The first-order valence-electron chi connectivity index (χ1n) is 6.65. The average molecular weight is 311 g/mol. The van der Waals surface area contributed by atoms with Crippen LogP contribution >= 0.6 is 22.9 Å². The van der Waals surface area contributed by atoms with Gasteiger partial charge < -0.3 is 4.74 Å². The van der Waals surface area contributed by atoms with Crippen LogP contribution in [0.25, 0.3) is 20.9 Å². The number of benzene rings is 3. The van der Waals surface area contributed by atoms with Crippen LogP contribution in [-0.4, -0.2) is 0 Å². The molecule has 0 fully saturated rings. The van der Waals surface area contributed by atoms with E-state index in [4.69, 9.17) is 16.3 Å². The van der Waals surface area contributed by atoms with E-state index in [1.165, 1.54) is 0 Å². The van der Waals surface area contributed by atoms with Crippen LogP contribution in [-0.2, 0) is 0 Å². The highest BCUT2D eigenvalue weighted by Gasteiger charge is 2.13. The summed E-state index contributed by atoms with van der Waals surface area (Å²) < 4.78 is 7.23. The maximum Gasteiger partial charge on any atom is 0.200 e. The molecule has 1 nitrogen and oxygen atoms in total. The van der Waals surface area contributed by atoms with E-state index in [0.717, 1.165) is 31.7 Å². The van der Waals surface area contributed by atoms with Crippen LogP contribution in [0.4, 0.5) is 0 Å². The van der Waals surface area contributed by atoms with Crippen LogP contribution < -0.4 is 4.74 Å². The monoisotopic (exact) mass is 310 g/mol. The van der Waals surface area contributed by atoms with E-state index in [0.29, 0.717) is 5.02 Å². The molecule has 3 heteroatoms. The van der Waals surface area contributed by atoms with Gasteiger partial charge in [0.2, 0.25) is 5.06 Å². The Morgan fingerprint density at radius 3 is 2.33 bits per heavy atom. The molecule has 1 aromatic heterocycles. The normalized spacial score (nSPS) is 11.1. The van der Waals surface area contributed by atoms with Crippen molar-refractivity contribution >= 4 is 43.8 Å². The molecule has 0 bridgehead atoms. The first kappa shape index (κ1) is 12.7. The van der Waals surface area contributed by atoms with Crippen molar-refractivity contribution < 1.29 is 4.74 Å². The molecule has 21 heavy (non-hydrogen) atoms. The molecule has 1 heterocycles. The standard InChI is InChI=1S/C18H11ClOS/c19-17-14-9-3-4-11-16(14)21-18(17)20-15-10-5-7-12-6-1-2-8-13(12)15/h1-11H. The summed E-state index contributed by atoms with van der Waals surface area (Å²) in [7, 11) is 0. The molecule has 0 aliphatic carbocycles. The Labute approximate surface area is 131 Å². The van der Waals surface area contributed by atoms with Gasteiger partial charge in [-0.1, -0.05) is 77.5 Å². The van der Waals surface area contributed by atoms with Crippen LogP contribution in [0.15, 0.2) is 66.7 Å². The zero-order valence-corrected chi connectivity index (χ0v) is 12.6. The molecule has 0 saturated carbocycles. The summed E-state index contributed by atoms with van der Waals surface area (Å²) in [6, 6.07) is 22.3. The molecule has 0 aliphatic rings. The Morgan fingerprint density at radius 1 is 0.762 bits per heavy atom. The van der Waals surface area contributed by atoms with Gasteiger partial charge in [-0.25, -0.2) is 0 Å². The lowest BCUT2D eigenvalue weighted by Gasteiger charge is -2.07. The van der Waals surface area contributed by atoms with Gasteiger partial charge in [-0.15, -0.1) is 0 Å². The Morgan fingerprint density at radius 2 is 1.48 bits per heavy atom. The quantitative estimate of drug-likeness (QED) is 0.410. The Balaban J connectivity index is 1.85. The predicted octanol–water partition coefficient (Wildman–Crippen LogP) is 6.50. The molecule has 0 spiro atoms. The van der Waals surface area contributed by atoms with Gasteiger partial charge in [-0.2, -0.15) is 0 Å². The van der Waals surface area contributed by atoms with E-state index in [-0.39, 0.29) is 0 Å². The summed E-state index contributed by atoms with van der Waals surface area (Å²) in [6.45, 7) is 0. The number of rotatable bonds is 2. The van der Waals surface area contributed by atoms with Crippen molar-refractivity contribution in [3.05, 3.63) is 71.8 Å². The smallest absolute Gasteiger partial charge is 0.200 e. The summed E-state index contributed by atoms with van der Waals surface area (Å²) in [6.07, 6.45) is 0. The average Bonchev–Trinajstić information content (AvgIpc) is 2.85. The van der Waals surface area contributed by atoms with Crippen LogP contribution in [0, 0.1) is 0 Å². The van der Waals surface area contributed by atoms with Gasteiger partial charge in [-0.05, 0) is 17.5 Å². The number of halogens is 1. The van der Waals surface area contributed by atoms with Crippen molar-refractivity contribution in [1.82, 2.24) is 0 Å². The van der Waals surface area contributed by atoms with Crippen molar-refractivity contribution in [2.75, 3.05) is 0 Å². The topological polar surface area (TPSA) is 9.23 Å². The second-order valence-corrected chi connectivity index (χ2v) is 6.17. The fourth-order valence-electron chi connectivity index (χ4n) is 2.44.